The molecule has 25 heavy (non-hydrogen) atoms. The standard InChI is InChI=1S/C19H21N3O3/c1-13(2)24-15-10-8-14(9-11-15)20-12-18-21-22-19(25-18)16-6-4-5-7-17(16)23-3/h4-11,13,20H,12H2,1-3H3. The van der Waals surface area contributed by atoms with Crippen LogP contribution in [-0.4, -0.2) is 23.4 Å². The molecule has 0 saturated heterocycles. The van der Waals surface area contributed by atoms with Gasteiger partial charge in [0, 0.05) is 5.69 Å². The number of ether oxygens (including phenoxy) is 2. The van der Waals surface area contributed by atoms with Gasteiger partial charge in [-0.2, -0.15) is 0 Å². The molecule has 0 atom stereocenters. The van der Waals surface area contributed by atoms with Crippen molar-refractivity contribution in [3.05, 3.63) is 54.4 Å². The Morgan fingerprint density at radius 1 is 1.04 bits per heavy atom. The number of para-hydroxylation sites is 1. The van der Waals surface area contributed by atoms with E-state index in [1.54, 1.807) is 7.11 Å². The molecule has 130 valence electrons. The quantitative estimate of drug-likeness (QED) is 0.697. The molecule has 0 bridgehead atoms. The monoisotopic (exact) mass is 339 g/mol. The van der Waals surface area contributed by atoms with Gasteiger partial charge in [0.05, 0.1) is 25.3 Å². The first-order chi connectivity index (χ1) is 12.2. The predicted octanol–water partition coefficient (Wildman–Crippen LogP) is 4.14. The second-order valence-corrected chi connectivity index (χ2v) is 5.75. The van der Waals surface area contributed by atoms with Gasteiger partial charge in [0.2, 0.25) is 5.89 Å². The Hall–Kier alpha value is -3.02. The van der Waals surface area contributed by atoms with E-state index in [2.05, 4.69) is 15.5 Å². The van der Waals surface area contributed by atoms with Gasteiger partial charge in [-0.1, -0.05) is 12.1 Å². The van der Waals surface area contributed by atoms with Gasteiger partial charge in [0.25, 0.3) is 5.89 Å². The van der Waals surface area contributed by atoms with Crippen LogP contribution in [0.25, 0.3) is 11.5 Å². The van der Waals surface area contributed by atoms with E-state index in [1.165, 1.54) is 0 Å². The lowest BCUT2D eigenvalue weighted by atomic mass is 10.2. The van der Waals surface area contributed by atoms with E-state index in [9.17, 15) is 0 Å². The van der Waals surface area contributed by atoms with Crippen LogP contribution in [0.15, 0.2) is 52.9 Å². The minimum Gasteiger partial charge on any atom is -0.496 e. The number of methoxy groups -OCH3 is 1. The SMILES string of the molecule is COc1ccccc1-c1nnc(CNc2ccc(OC(C)C)cc2)o1. The maximum absolute atomic E-state index is 5.72. The summed E-state index contributed by atoms with van der Waals surface area (Å²) in [5.41, 5.74) is 1.73. The first-order valence-electron chi connectivity index (χ1n) is 8.12. The van der Waals surface area contributed by atoms with Crippen LogP contribution in [0, 0.1) is 0 Å². The molecule has 0 aliphatic heterocycles. The van der Waals surface area contributed by atoms with Gasteiger partial charge in [-0.05, 0) is 50.2 Å². The van der Waals surface area contributed by atoms with E-state index < -0.39 is 0 Å². The molecule has 0 amide bonds. The van der Waals surface area contributed by atoms with E-state index in [0.29, 0.717) is 24.1 Å². The smallest absolute Gasteiger partial charge is 0.251 e. The molecule has 0 aliphatic carbocycles. The molecule has 0 fully saturated rings. The third-order valence-corrected chi connectivity index (χ3v) is 3.47. The molecule has 0 saturated carbocycles. The Bertz CT molecular complexity index is 813. The molecule has 1 N–H and O–H groups in total. The minimum atomic E-state index is 0.158. The molecule has 3 aromatic rings. The Morgan fingerprint density at radius 2 is 1.80 bits per heavy atom. The molecule has 0 spiro atoms. The van der Waals surface area contributed by atoms with E-state index >= 15 is 0 Å². The van der Waals surface area contributed by atoms with E-state index in [4.69, 9.17) is 13.9 Å². The van der Waals surface area contributed by atoms with Crippen LogP contribution >= 0.6 is 0 Å². The molecule has 2 aromatic carbocycles. The normalized spacial score (nSPS) is 10.7. The number of rotatable bonds is 7. The van der Waals surface area contributed by atoms with Crippen molar-refractivity contribution in [1.82, 2.24) is 10.2 Å². The van der Waals surface area contributed by atoms with Crippen LogP contribution in [0.3, 0.4) is 0 Å². The number of nitrogens with one attached hydrogen (secondary N) is 1. The molecule has 6 nitrogen and oxygen atoms in total. The highest BCUT2D eigenvalue weighted by molar-refractivity contribution is 5.62. The first-order valence-corrected chi connectivity index (χ1v) is 8.12. The van der Waals surface area contributed by atoms with Crippen LogP contribution in [0.5, 0.6) is 11.5 Å². The molecule has 1 aromatic heterocycles. The van der Waals surface area contributed by atoms with Gasteiger partial charge < -0.3 is 19.2 Å². The molecule has 0 radical (unpaired) electrons. The van der Waals surface area contributed by atoms with Crippen molar-refractivity contribution >= 4 is 5.69 Å². The van der Waals surface area contributed by atoms with E-state index in [1.807, 2.05) is 62.4 Å². The lowest BCUT2D eigenvalue weighted by Crippen LogP contribution is -2.05. The third kappa shape index (κ3) is 4.29. The summed E-state index contributed by atoms with van der Waals surface area (Å²) in [6.45, 7) is 4.44. The van der Waals surface area contributed by atoms with Crippen molar-refractivity contribution in [2.24, 2.45) is 0 Å². The van der Waals surface area contributed by atoms with Gasteiger partial charge in [-0.3, -0.25) is 0 Å². The van der Waals surface area contributed by atoms with Crippen molar-refractivity contribution < 1.29 is 13.9 Å². The molecule has 3 rings (SSSR count). The fourth-order valence-electron chi connectivity index (χ4n) is 2.36. The van der Waals surface area contributed by atoms with Crippen molar-refractivity contribution in [3.8, 4) is 23.0 Å². The number of nitrogens with zero attached hydrogens (tertiary/aromatic N) is 2. The van der Waals surface area contributed by atoms with Gasteiger partial charge in [-0.25, -0.2) is 0 Å². The summed E-state index contributed by atoms with van der Waals surface area (Å²) in [5.74, 6) is 2.49. The van der Waals surface area contributed by atoms with Gasteiger partial charge in [-0.15, -0.1) is 10.2 Å². The summed E-state index contributed by atoms with van der Waals surface area (Å²) < 4.78 is 16.7. The Labute approximate surface area is 146 Å². The highest BCUT2D eigenvalue weighted by Gasteiger charge is 2.12. The molecule has 6 heteroatoms. The minimum absolute atomic E-state index is 0.158. The summed E-state index contributed by atoms with van der Waals surface area (Å²) in [7, 11) is 1.62. The third-order valence-electron chi connectivity index (χ3n) is 3.47. The summed E-state index contributed by atoms with van der Waals surface area (Å²) in [5, 5.41) is 11.4. The average molecular weight is 339 g/mol. The lowest BCUT2D eigenvalue weighted by Gasteiger charge is -2.10. The van der Waals surface area contributed by atoms with Crippen LogP contribution < -0.4 is 14.8 Å². The zero-order valence-corrected chi connectivity index (χ0v) is 14.5. The summed E-state index contributed by atoms with van der Waals surface area (Å²) in [4.78, 5) is 0. The van der Waals surface area contributed by atoms with Crippen LogP contribution in [0.1, 0.15) is 19.7 Å². The number of hydrogen-bond donors (Lipinski definition) is 1. The molecule has 0 unspecified atom stereocenters. The Morgan fingerprint density at radius 3 is 2.52 bits per heavy atom. The largest absolute Gasteiger partial charge is 0.496 e. The number of anilines is 1. The van der Waals surface area contributed by atoms with Gasteiger partial charge in [0.15, 0.2) is 0 Å². The average Bonchev–Trinajstić information content (AvgIpc) is 3.09. The van der Waals surface area contributed by atoms with Crippen LogP contribution in [-0.2, 0) is 6.54 Å². The van der Waals surface area contributed by atoms with E-state index in [0.717, 1.165) is 17.0 Å². The molecule has 1 heterocycles. The molecular formula is C19H21N3O3. The molecular weight excluding hydrogens is 318 g/mol. The highest BCUT2D eigenvalue weighted by atomic mass is 16.5. The van der Waals surface area contributed by atoms with E-state index in [-0.39, 0.29) is 6.10 Å². The maximum Gasteiger partial charge on any atom is 0.251 e. The van der Waals surface area contributed by atoms with Crippen molar-refractivity contribution in [2.45, 2.75) is 26.5 Å². The van der Waals surface area contributed by atoms with Crippen LogP contribution in [0.2, 0.25) is 0 Å². The van der Waals surface area contributed by atoms with Gasteiger partial charge >= 0.3 is 0 Å². The zero-order chi connectivity index (χ0) is 17.6. The van der Waals surface area contributed by atoms with Gasteiger partial charge in [0.1, 0.15) is 11.5 Å². The fraction of sp³-hybridized carbons (Fsp3) is 0.263. The number of benzene rings is 2. The highest BCUT2D eigenvalue weighted by Crippen LogP contribution is 2.28. The Balaban J connectivity index is 1.64. The fourth-order valence-corrected chi connectivity index (χ4v) is 2.36. The summed E-state index contributed by atoms with van der Waals surface area (Å²) >= 11 is 0. The zero-order valence-electron chi connectivity index (χ0n) is 14.5. The number of aromatic nitrogens is 2. The summed E-state index contributed by atoms with van der Waals surface area (Å²) in [6.07, 6.45) is 0.158. The Kier molecular flexibility index (Phi) is 5.18. The van der Waals surface area contributed by atoms with Crippen molar-refractivity contribution in [1.29, 1.82) is 0 Å². The predicted molar refractivity (Wildman–Crippen MR) is 95.8 cm³/mol. The first kappa shape index (κ1) is 16.8. The summed E-state index contributed by atoms with van der Waals surface area (Å²) in [6, 6.07) is 15.3. The molecule has 0 aliphatic rings. The van der Waals surface area contributed by atoms with Crippen molar-refractivity contribution in [3.63, 3.8) is 0 Å². The second kappa shape index (κ2) is 7.70. The number of hydrogen-bond acceptors (Lipinski definition) is 6. The van der Waals surface area contributed by atoms with Crippen molar-refractivity contribution in [2.75, 3.05) is 12.4 Å². The topological polar surface area (TPSA) is 69.4 Å². The van der Waals surface area contributed by atoms with Crippen LogP contribution in [0.4, 0.5) is 5.69 Å². The lowest BCUT2D eigenvalue weighted by molar-refractivity contribution is 0.242. The maximum atomic E-state index is 5.72. The second-order valence-electron chi connectivity index (χ2n) is 5.75.